The number of carbonyl (C=O) groups excluding carboxylic acids is 1. The minimum atomic E-state index is -1.03. The molecule has 3 heterocycles. The summed E-state index contributed by atoms with van der Waals surface area (Å²) in [4.78, 5) is 18.3. The number of nitrogens with one attached hydrogen (secondary N) is 1. The Morgan fingerprint density at radius 2 is 2.29 bits per heavy atom. The van der Waals surface area contributed by atoms with E-state index in [-0.39, 0.29) is 5.91 Å². The number of hydrogen-bond donors (Lipinski definition) is 3. The third-order valence-corrected chi connectivity index (χ3v) is 4.00. The van der Waals surface area contributed by atoms with Crippen molar-refractivity contribution in [3.05, 3.63) is 0 Å². The van der Waals surface area contributed by atoms with Gasteiger partial charge in [0.05, 0.1) is 12.8 Å². The third-order valence-electron chi connectivity index (χ3n) is 4.00. The van der Waals surface area contributed by atoms with Gasteiger partial charge in [0.1, 0.15) is 37.0 Å². The molecule has 6 unspecified atom stereocenters. The average molecular weight is 297 g/mol. The standard InChI is InChI=1S/C12H19N5O4/c1-3-15-17-5-14-10-7(11(17)20)13-4-16(10)12-9(19)8(18)6(2)21-12/h3,5-10,12-13,18-19H,4H2,1-2H3. The van der Waals surface area contributed by atoms with Crippen molar-refractivity contribution in [2.75, 3.05) is 6.67 Å². The highest BCUT2D eigenvalue weighted by atomic mass is 16.6. The van der Waals surface area contributed by atoms with Gasteiger partial charge in [-0.05, 0) is 13.8 Å². The zero-order valence-electron chi connectivity index (χ0n) is 11.8. The SMILES string of the molecule is CC=NN1C=NC2C(NCN2C2OC(C)C(O)C2O)C1=O. The summed E-state index contributed by atoms with van der Waals surface area (Å²) in [6.45, 7) is 3.75. The topological polar surface area (TPSA) is 110 Å². The average Bonchev–Trinajstić information content (AvgIpc) is 2.99. The van der Waals surface area contributed by atoms with Gasteiger partial charge in [0.15, 0.2) is 0 Å². The summed E-state index contributed by atoms with van der Waals surface area (Å²) < 4.78 is 5.59. The summed E-state index contributed by atoms with van der Waals surface area (Å²) in [5.41, 5.74) is 0. The molecule has 3 rings (SSSR count). The molecule has 0 bridgehead atoms. The van der Waals surface area contributed by atoms with Crippen LogP contribution in [0.3, 0.4) is 0 Å². The molecule has 0 aromatic carbocycles. The lowest BCUT2D eigenvalue weighted by atomic mass is 10.1. The van der Waals surface area contributed by atoms with Crippen molar-refractivity contribution < 1.29 is 19.7 Å². The van der Waals surface area contributed by atoms with Crippen molar-refractivity contribution in [2.24, 2.45) is 10.1 Å². The second-order valence-corrected chi connectivity index (χ2v) is 5.30. The molecule has 2 saturated heterocycles. The Morgan fingerprint density at radius 1 is 1.52 bits per heavy atom. The number of ether oxygens (including phenoxy) is 1. The Morgan fingerprint density at radius 3 is 2.90 bits per heavy atom. The van der Waals surface area contributed by atoms with E-state index in [1.54, 1.807) is 18.7 Å². The predicted octanol–water partition coefficient (Wildman–Crippen LogP) is -2.11. The van der Waals surface area contributed by atoms with E-state index in [9.17, 15) is 15.0 Å². The van der Waals surface area contributed by atoms with Gasteiger partial charge in [-0.3, -0.25) is 15.1 Å². The smallest absolute Gasteiger partial charge is 0.269 e. The first kappa shape index (κ1) is 14.5. The number of hydrazone groups is 1. The number of nitrogens with zero attached hydrogens (tertiary/aromatic N) is 4. The molecular weight excluding hydrogens is 278 g/mol. The van der Waals surface area contributed by atoms with Gasteiger partial charge in [-0.2, -0.15) is 10.1 Å². The lowest BCUT2D eigenvalue weighted by Crippen LogP contribution is -2.53. The first-order valence-corrected chi connectivity index (χ1v) is 6.90. The molecule has 6 atom stereocenters. The number of fused-ring (bicyclic) bond motifs is 1. The van der Waals surface area contributed by atoms with Crippen LogP contribution in [0.4, 0.5) is 0 Å². The van der Waals surface area contributed by atoms with Crippen molar-refractivity contribution in [1.29, 1.82) is 0 Å². The molecule has 0 radical (unpaired) electrons. The summed E-state index contributed by atoms with van der Waals surface area (Å²) >= 11 is 0. The van der Waals surface area contributed by atoms with E-state index in [1.807, 2.05) is 0 Å². The Bertz CT molecular complexity index is 484. The molecule has 0 saturated carbocycles. The fourth-order valence-electron chi connectivity index (χ4n) is 2.86. The molecule has 116 valence electrons. The van der Waals surface area contributed by atoms with Gasteiger partial charge in [0, 0.05) is 6.21 Å². The van der Waals surface area contributed by atoms with Gasteiger partial charge in [0.2, 0.25) is 0 Å². The Hall–Kier alpha value is -1.39. The lowest BCUT2D eigenvalue weighted by molar-refractivity contribution is -0.132. The molecule has 1 amide bonds. The summed E-state index contributed by atoms with van der Waals surface area (Å²) in [7, 11) is 0. The van der Waals surface area contributed by atoms with Crippen molar-refractivity contribution in [3.63, 3.8) is 0 Å². The van der Waals surface area contributed by atoms with Gasteiger partial charge >= 0.3 is 0 Å². The Labute approximate surface area is 121 Å². The number of amides is 1. The maximum atomic E-state index is 12.2. The van der Waals surface area contributed by atoms with Crippen molar-refractivity contribution in [2.45, 2.75) is 50.6 Å². The van der Waals surface area contributed by atoms with Gasteiger partial charge in [-0.15, -0.1) is 0 Å². The van der Waals surface area contributed by atoms with E-state index >= 15 is 0 Å². The van der Waals surface area contributed by atoms with Crippen molar-refractivity contribution >= 4 is 18.5 Å². The van der Waals surface area contributed by atoms with Crippen LogP contribution in [0.15, 0.2) is 10.1 Å². The molecule has 3 N–H and O–H groups in total. The highest BCUT2D eigenvalue weighted by Crippen LogP contribution is 2.29. The van der Waals surface area contributed by atoms with Crippen LogP contribution in [0.1, 0.15) is 13.8 Å². The number of hydrogen-bond acceptors (Lipinski definition) is 8. The molecular formula is C12H19N5O4. The highest BCUT2D eigenvalue weighted by Gasteiger charge is 2.51. The van der Waals surface area contributed by atoms with Crippen LogP contribution in [-0.2, 0) is 9.53 Å². The summed E-state index contributed by atoms with van der Waals surface area (Å²) in [6.07, 6.45) is -0.727. The maximum Gasteiger partial charge on any atom is 0.269 e. The van der Waals surface area contributed by atoms with E-state index in [4.69, 9.17) is 4.74 Å². The van der Waals surface area contributed by atoms with Crippen LogP contribution in [0.25, 0.3) is 0 Å². The van der Waals surface area contributed by atoms with Crippen LogP contribution in [0.5, 0.6) is 0 Å². The molecule has 0 aromatic rings. The van der Waals surface area contributed by atoms with E-state index in [0.29, 0.717) is 6.67 Å². The second-order valence-electron chi connectivity index (χ2n) is 5.30. The zero-order chi connectivity index (χ0) is 15.1. The van der Waals surface area contributed by atoms with E-state index in [2.05, 4.69) is 15.4 Å². The van der Waals surface area contributed by atoms with Crippen molar-refractivity contribution in [1.82, 2.24) is 15.2 Å². The Kier molecular flexibility index (Phi) is 3.76. The van der Waals surface area contributed by atoms with Crippen LogP contribution in [0, 0.1) is 0 Å². The molecule has 0 spiro atoms. The number of carbonyl (C=O) groups is 1. The first-order chi connectivity index (χ1) is 10.0. The minimum Gasteiger partial charge on any atom is -0.388 e. The van der Waals surface area contributed by atoms with Crippen LogP contribution < -0.4 is 5.32 Å². The van der Waals surface area contributed by atoms with Crippen LogP contribution >= 0.6 is 0 Å². The highest BCUT2D eigenvalue weighted by molar-refractivity contribution is 5.94. The molecule has 0 aliphatic carbocycles. The minimum absolute atomic E-state index is 0.211. The molecule has 3 aliphatic rings. The monoisotopic (exact) mass is 297 g/mol. The van der Waals surface area contributed by atoms with Gasteiger partial charge in [-0.1, -0.05) is 0 Å². The third kappa shape index (κ3) is 2.27. The number of aliphatic hydroxyl groups excluding tert-OH is 2. The number of aliphatic hydroxyl groups is 2. The van der Waals surface area contributed by atoms with E-state index < -0.39 is 36.7 Å². The van der Waals surface area contributed by atoms with Gasteiger partial charge in [-0.25, -0.2) is 4.90 Å². The predicted molar refractivity (Wildman–Crippen MR) is 73.3 cm³/mol. The molecule has 9 nitrogen and oxygen atoms in total. The Balaban J connectivity index is 1.79. The maximum absolute atomic E-state index is 12.2. The quantitative estimate of drug-likeness (QED) is 0.503. The summed E-state index contributed by atoms with van der Waals surface area (Å²) in [5.74, 6) is -0.211. The van der Waals surface area contributed by atoms with Crippen LogP contribution in [-0.4, -0.2) is 82.0 Å². The molecule has 9 heteroatoms. The number of rotatable bonds is 2. The summed E-state index contributed by atoms with van der Waals surface area (Å²) in [6, 6.07) is -0.539. The van der Waals surface area contributed by atoms with E-state index in [0.717, 1.165) is 0 Å². The lowest BCUT2D eigenvalue weighted by Gasteiger charge is -2.32. The van der Waals surface area contributed by atoms with Gasteiger partial charge < -0.3 is 14.9 Å². The summed E-state index contributed by atoms with van der Waals surface area (Å²) in [5, 5.41) is 28.0. The van der Waals surface area contributed by atoms with E-state index in [1.165, 1.54) is 17.6 Å². The number of aliphatic imine (C=N–C) groups is 1. The van der Waals surface area contributed by atoms with Crippen LogP contribution in [0.2, 0.25) is 0 Å². The zero-order valence-corrected chi connectivity index (χ0v) is 11.8. The fourth-order valence-corrected chi connectivity index (χ4v) is 2.86. The first-order valence-electron chi connectivity index (χ1n) is 6.90. The molecule has 0 aromatic heterocycles. The fraction of sp³-hybridized carbons (Fsp3) is 0.750. The molecule has 21 heavy (non-hydrogen) atoms. The normalized spacial score (nSPS) is 44.0. The molecule has 3 aliphatic heterocycles. The second kappa shape index (κ2) is 5.43. The van der Waals surface area contributed by atoms with Crippen molar-refractivity contribution in [3.8, 4) is 0 Å². The van der Waals surface area contributed by atoms with Gasteiger partial charge in [0.25, 0.3) is 5.91 Å². The largest absolute Gasteiger partial charge is 0.388 e. The molecule has 2 fully saturated rings.